The predicted molar refractivity (Wildman–Crippen MR) is 101 cm³/mol. The van der Waals surface area contributed by atoms with Gasteiger partial charge in [-0.05, 0) is 42.7 Å². The third-order valence-electron chi connectivity index (χ3n) is 4.59. The fraction of sp³-hybridized carbons (Fsp3) is 0.263. The molecule has 8 nitrogen and oxygen atoms in total. The third kappa shape index (κ3) is 3.40. The number of ether oxygens (including phenoxy) is 2. The van der Waals surface area contributed by atoms with Gasteiger partial charge in [-0.1, -0.05) is 0 Å². The summed E-state index contributed by atoms with van der Waals surface area (Å²) in [6.07, 6.45) is 7.02. The maximum absolute atomic E-state index is 12.5. The van der Waals surface area contributed by atoms with E-state index in [1.54, 1.807) is 11.7 Å². The van der Waals surface area contributed by atoms with Gasteiger partial charge in [0.1, 0.15) is 23.8 Å². The number of amides is 1. The van der Waals surface area contributed by atoms with Crippen LogP contribution in [0.5, 0.6) is 0 Å². The molecule has 0 aromatic heterocycles. The van der Waals surface area contributed by atoms with E-state index in [1.807, 2.05) is 12.2 Å². The Morgan fingerprint density at radius 3 is 2.86 bits per heavy atom. The molecular weight excluding hydrogens is 384 g/mol. The normalized spacial score (nSPS) is 24.3. The van der Waals surface area contributed by atoms with E-state index in [9.17, 15) is 19.7 Å². The molecule has 1 fully saturated rings. The second-order valence-electron chi connectivity index (χ2n) is 6.41. The van der Waals surface area contributed by atoms with E-state index in [1.165, 1.54) is 40.9 Å². The molecule has 3 heterocycles. The van der Waals surface area contributed by atoms with Crippen LogP contribution in [0.25, 0.3) is 0 Å². The number of nitro groups is 1. The first-order valence-corrected chi connectivity index (χ1v) is 9.60. The van der Waals surface area contributed by atoms with E-state index in [2.05, 4.69) is 0 Å². The van der Waals surface area contributed by atoms with E-state index >= 15 is 0 Å². The van der Waals surface area contributed by atoms with Gasteiger partial charge in [0.25, 0.3) is 11.6 Å². The summed E-state index contributed by atoms with van der Waals surface area (Å²) in [5, 5.41) is 12.1. The molecule has 2 atom stereocenters. The van der Waals surface area contributed by atoms with E-state index in [-0.39, 0.29) is 35.4 Å². The molecule has 3 aliphatic rings. The molecule has 0 aliphatic carbocycles. The smallest absolute Gasteiger partial charge is 0.355 e. The average Bonchev–Trinajstić information content (AvgIpc) is 3.12. The summed E-state index contributed by atoms with van der Waals surface area (Å²) in [6.45, 7) is -0.0313. The van der Waals surface area contributed by atoms with Gasteiger partial charge in [0.05, 0.1) is 16.8 Å². The number of β-lactam (4-membered cyclic amide) rings is 1. The van der Waals surface area contributed by atoms with Crippen LogP contribution in [-0.2, 0) is 25.7 Å². The number of hydrogen-bond acceptors (Lipinski definition) is 7. The number of rotatable bonds is 5. The van der Waals surface area contributed by atoms with Crippen LogP contribution in [0.2, 0.25) is 0 Å². The Kier molecular flexibility index (Phi) is 4.91. The Balaban J connectivity index is 1.35. The topological polar surface area (TPSA) is 99.0 Å². The second-order valence-corrected chi connectivity index (χ2v) is 7.37. The maximum Gasteiger partial charge on any atom is 0.355 e. The Hall–Kier alpha value is -3.07. The summed E-state index contributed by atoms with van der Waals surface area (Å²) in [7, 11) is 0. The van der Waals surface area contributed by atoms with Gasteiger partial charge in [0.2, 0.25) is 0 Å². The minimum Gasteiger partial charge on any atom is -0.494 e. The SMILES string of the molecule is O=C(OCc1ccc([N+](=O)[O-])cc1)C1=CSC2C(=CC3CCC=CO3)C(=O)N12. The third-order valence-corrected chi connectivity index (χ3v) is 5.68. The van der Waals surface area contributed by atoms with Gasteiger partial charge in [-0.25, -0.2) is 4.79 Å². The van der Waals surface area contributed by atoms with Gasteiger partial charge in [0.15, 0.2) is 0 Å². The van der Waals surface area contributed by atoms with Crippen LogP contribution < -0.4 is 0 Å². The summed E-state index contributed by atoms with van der Waals surface area (Å²) in [4.78, 5) is 36.4. The minimum absolute atomic E-state index is 0.0313. The quantitative estimate of drug-likeness (QED) is 0.246. The number of carbonyl (C=O) groups is 2. The molecule has 144 valence electrons. The van der Waals surface area contributed by atoms with Crippen molar-refractivity contribution < 1.29 is 24.0 Å². The van der Waals surface area contributed by atoms with E-state index in [0.29, 0.717) is 11.1 Å². The molecule has 1 aromatic rings. The lowest BCUT2D eigenvalue weighted by atomic mass is 10.0. The molecule has 9 heteroatoms. The number of carbonyl (C=O) groups excluding carboxylic acids is 2. The molecule has 2 unspecified atom stereocenters. The van der Waals surface area contributed by atoms with Gasteiger partial charge in [-0.3, -0.25) is 19.8 Å². The molecule has 1 aromatic carbocycles. The van der Waals surface area contributed by atoms with Crippen molar-refractivity contribution in [1.29, 1.82) is 0 Å². The highest BCUT2D eigenvalue weighted by Gasteiger charge is 2.50. The zero-order chi connectivity index (χ0) is 19.7. The van der Waals surface area contributed by atoms with Gasteiger partial charge < -0.3 is 9.47 Å². The van der Waals surface area contributed by atoms with Crippen molar-refractivity contribution in [3.05, 3.63) is 75.0 Å². The Bertz CT molecular complexity index is 921. The van der Waals surface area contributed by atoms with Crippen molar-refractivity contribution in [2.45, 2.75) is 30.9 Å². The number of nitro benzene ring substituents is 1. The fourth-order valence-corrected chi connectivity index (χ4v) is 4.22. The minimum atomic E-state index is -0.599. The second kappa shape index (κ2) is 7.51. The molecule has 1 saturated heterocycles. The molecule has 28 heavy (non-hydrogen) atoms. The Morgan fingerprint density at radius 1 is 1.39 bits per heavy atom. The lowest BCUT2D eigenvalue weighted by molar-refractivity contribution is -0.384. The molecular formula is C19H16N2O6S. The predicted octanol–water partition coefficient (Wildman–Crippen LogP) is 3.01. The summed E-state index contributed by atoms with van der Waals surface area (Å²) < 4.78 is 10.7. The highest BCUT2D eigenvalue weighted by molar-refractivity contribution is 8.03. The number of thioether (sulfide) groups is 1. The van der Waals surface area contributed by atoms with Gasteiger partial charge in [0, 0.05) is 17.5 Å². The van der Waals surface area contributed by atoms with Crippen LogP contribution in [0.1, 0.15) is 18.4 Å². The molecule has 3 aliphatic heterocycles. The largest absolute Gasteiger partial charge is 0.494 e. The van der Waals surface area contributed by atoms with Crippen LogP contribution in [0.3, 0.4) is 0 Å². The van der Waals surface area contributed by atoms with Crippen LogP contribution in [0, 0.1) is 10.1 Å². The number of allylic oxidation sites excluding steroid dienone is 1. The zero-order valence-corrected chi connectivity index (χ0v) is 15.5. The van der Waals surface area contributed by atoms with Crippen molar-refractivity contribution in [3.8, 4) is 0 Å². The first-order valence-electron chi connectivity index (χ1n) is 8.66. The van der Waals surface area contributed by atoms with Crippen LogP contribution in [0.4, 0.5) is 5.69 Å². The number of fused-ring (bicyclic) bond motifs is 1. The summed E-state index contributed by atoms with van der Waals surface area (Å²) >= 11 is 1.38. The fourth-order valence-electron chi connectivity index (χ4n) is 3.09. The van der Waals surface area contributed by atoms with Crippen LogP contribution in [0.15, 0.2) is 59.4 Å². The molecule has 4 rings (SSSR count). The monoisotopic (exact) mass is 400 g/mol. The Labute approximate surface area is 164 Å². The Morgan fingerprint density at radius 2 is 2.18 bits per heavy atom. The van der Waals surface area contributed by atoms with Crippen molar-refractivity contribution >= 4 is 29.3 Å². The standard InChI is InChI=1S/C19H16N2O6S/c22-17-15(9-14-3-1-2-8-26-14)18-20(17)16(11-28-18)19(23)27-10-12-4-6-13(7-5-12)21(24)25/h2,4-9,11,14,18H,1,3,10H2. The highest BCUT2D eigenvalue weighted by atomic mass is 32.2. The average molecular weight is 400 g/mol. The summed E-state index contributed by atoms with van der Waals surface area (Å²) in [5.41, 5.74) is 1.44. The first kappa shape index (κ1) is 18.3. The lowest BCUT2D eigenvalue weighted by Crippen LogP contribution is -2.51. The highest BCUT2D eigenvalue weighted by Crippen LogP contribution is 2.45. The van der Waals surface area contributed by atoms with E-state index in [0.717, 1.165) is 12.8 Å². The van der Waals surface area contributed by atoms with E-state index < -0.39 is 10.9 Å². The number of esters is 1. The van der Waals surface area contributed by atoms with Gasteiger partial charge in [-0.15, -0.1) is 11.8 Å². The van der Waals surface area contributed by atoms with Crippen molar-refractivity contribution in [2.75, 3.05) is 0 Å². The van der Waals surface area contributed by atoms with Crippen LogP contribution in [-0.4, -0.2) is 33.2 Å². The van der Waals surface area contributed by atoms with Crippen molar-refractivity contribution in [3.63, 3.8) is 0 Å². The molecule has 0 N–H and O–H groups in total. The number of benzene rings is 1. The molecule has 0 spiro atoms. The van der Waals surface area contributed by atoms with Gasteiger partial charge >= 0.3 is 5.97 Å². The van der Waals surface area contributed by atoms with Crippen LogP contribution >= 0.6 is 11.8 Å². The molecule has 1 amide bonds. The number of hydrogen-bond donors (Lipinski definition) is 0. The molecule has 0 bridgehead atoms. The summed E-state index contributed by atoms with van der Waals surface area (Å²) in [6, 6.07) is 5.76. The molecule has 0 radical (unpaired) electrons. The summed E-state index contributed by atoms with van der Waals surface area (Å²) in [5.74, 6) is -0.815. The number of non-ortho nitro benzene ring substituents is 1. The lowest BCUT2D eigenvalue weighted by Gasteiger charge is -2.38. The van der Waals surface area contributed by atoms with Crippen molar-refractivity contribution in [1.82, 2.24) is 4.90 Å². The zero-order valence-electron chi connectivity index (χ0n) is 14.6. The van der Waals surface area contributed by atoms with Gasteiger partial charge in [-0.2, -0.15) is 0 Å². The number of nitrogens with zero attached hydrogens (tertiary/aromatic N) is 2. The maximum atomic E-state index is 12.5. The van der Waals surface area contributed by atoms with E-state index in [4.69, 9.17) is 9.47 Å². The van der Waals surface area contributed by atoms with Crippen molar-refractivity contribution in [2.24, 2.45) is 0 Å². The molecule has 0 saturated carbocycles. The first-order chi connectivity index (χ1) is 13.5.